The van der Waals surface area contributed by atoms with E-state index >= 15 is 0 Å². The van der Waals surface area contributed by atoms with Crippen LogP contribution in [0.4, 0.5) is 5.69 Å². The molecule has 0 amide bonds. The predicted molar refractivity (Wildman–Crippen MR) is 99.9 cm³/mol. The van der Waals surface area contributed by atoms with Crippen molar-refractivity contribution in [2.75, 3.05) is 5.75 Å². The van der Waals surface area contributed by atoms with E-state index in [9.17, 15) is 14.9 Å². The molecule has 0 atom stereocenters. The van der Waals surface area contributed by atoms with Crippen LogP contribution >= 0.6 is 11.8 Å². The van der Waals surface area contributed by atoms with E-state index in [1.807, 2.05) is 24.3 Å². The van der Waals surface area contributed by atoms with E-state index in [1.165, 1.54) is 23.9 Å². The number of nitro benzene ring substituents is 1. The van der Waals surface area contributed by atoms with Crippen LogP contribution in [0.1, 0.15) is 10.6 Å². The molecule has 0 aliphatic rings. The Morgan fingerprint density at radius 1 is 1.04 bits per heavy atom. The van der Waals surface area contributed by atoms with Crippen LogP contribution in [0.3, 0.4) is 0 Å². The van der Waals surface area contributed by atoms with Crippen molar-refractivity contribution in [3.8, 4) is 11.3 Å². The van der Waals surface area contributed by atoms with E-state index in [2.05, 4.69) is 4.98 Å². The van der Waals surface area contributed by atoms with Crippen molar-refractivity contribution in [3.63, 3.8) is 0 Å². The van der Waals surface area contributed by atoms with Gasteiger partial charge in [0, 0.05) is 17.7 Å². The highest BCUT2D eigenvalue weighted by atomic mass is 32.2. The van der Waals surface area contributed by atoms with Gasteiger partial charge in [0.2, 0.25) is 5.78 Å². The number of thioether (sulfide) groups is 1. The predicted octanol–water partition coefficient (Wildman–Crippen LogP) is 4.97. The monoisotopic (exact) mass is 380 g/mol. The minimum Gasteiger partial charge on any atom is -0.453 e. The molecule has 0 aliphatic heterocycles. The van der Waals surface area contributed by atoms with E-state index in [4.69, 9.17) is 8.83 Å². The maximum Gasteiger partial charge on any atom is 0.269 e. The Bertz CT molecular complexity index is 1100. The number of Topliss-reactive ketones (excluding diaryl/α,β-unsaturated/α-hetero) is 1. The zero-order chi connectivity index (χ0) is 18.8. The van der Waals surface area contributed by atoms with E-state index in [1.54, 1.807) is 24.3 Å². The molecule has 0 spiro atoms. The lowest BCUT2D eigenvalue weighted by atomic mass is 10.1. The quantitative estimate of drug-likeness (QED) is 0.201. The SMILES string of the molecule is O=C(CSc1nc2ccccc2o1)c1ccc(-c2ccc([N+](=O)[O-])cc2)o1. The van der Waals surface area contributed by atoms with Gasteiger partial charge in [-0.05, 0) is 36.4 Å². The Hall–Kier alpha value is -3.39. The molecule has 4 aromatic rings. The fourth-order valence-corrected chi connectivity index (χ4v) is 3.21. The van der Waals surface area contributed by atoms with E-state index in [0.717, 1.165) is 5.52 Å². The van der Waals surface area contributed by atoms with E-state index in [-0.39, 0.29) is 23.0 Å². The number of furan rings is 1. The van der Waals surface area contributed by atoms with Crippen LogP contribution in [0.15, 0.2) is 74.7 Å². The number of fused-ring (bicyclic) bond motifs is 1. The first kappa shape index (κ1) is 17.0. The normalized spacial score (nSPS) is 11.0. The Balaban J connectivity index is 1.44. The van der Waals surface area contributed by atoms with Crippen LogP contribution in [-0.4, -0.2) is 21.4 Å². The van der Waals surface area contributed by atoms with Crippen molar-refractivity contribution < 1.29 is 18.6 Å². The minimum atomic E-state index is -0.468. The van der Waals surface area contributed by atoms with Crippen LogP contribution in [0.5, 0.6) is 0 Å². The van der Waals surface area contributed by atoms with Crippen LogP contribution in [0.25, 0.3) is 22.4 Å². The van der Waals surface area contributed by atoms with Gasteiger partial charge in [0.25, 0.3) is 10.9 Å². The van der Waals surface area contributed by atoms with Crippen molar-refractivity contribution in [2.45, 2.75) is 5.22 Å². The van der Waals surface area contributed by atoms with Gasteiger partial charge >= 0.3 is 0 Å². The third-order valence-corrected chi connectivity index (χ3v) is 4.67. The number of para-hydroxylation sites is 2. The molecule has 0 radical (unpaired) electrons. The van der Waals surface area contributed by atoms with Crippen LogP contribution in [0, 0.1) is 10.1 Å². The standard InChI is InChI=1S/C19H12N2O5S/c22-15(11-27-19-20-14-3-1-2-4-17(14)26-19)18-10-9-16(25-18)12-5-7-13(8-6-12)21(23)24/h1-10H,11H2. The maximum atomic E-state index is 12.3. The summed E-state index contributed by atoms with van der Waals surface area (Å²) in [4.78, 5) is 26.9. The zero-order valence-corrected chi connectivity index (χ0v) is 14.6. The Labute approximate surface area is 157 Å². The molecule has 4 rings (SSSR count). The summed E-state index contributed by atoms with van der Waals surface area (Å²) >= 11 is 1.20. The summed E-state index contributed by atoms with van der Waals surface area (Å²) in [6, 6.07) is 16.6. The number of carbonyl (C=O) groups is 1. The molecule has 0 N–H and O–H groups in total. The second-order valence-corrected chi connectivity index (χ2v) is 6.55. The minimum absolute atomic E-state index is 0.00339. The second kappa shape index (κ2) is 7.08. The maximum absolute atomic E-state index is 12.3. The van der Waals surface area contributed by atoms with Gasteiger partial charge in [-0.25, -0.2) is 4.98 Å². The van der Waals surface area contributed by atoms with Crippen molar-refractivity contribution >= 4 is 34.3 Å². The van der Waals surface area contributed by atoms with Gasteiger partial charge in [0.05, 0.1) is 10.7 Å². The van der Waals surface area contributed by atoms with E-state index in [0.29, 0.717) is 22.1 Å². The number of hydrogen-bond acceptors (Lipinski definition) is 7. The number of oxazole rings is 1. The summed E-state index contributed by atoms with van der Waals surface area (Å²) in [5.74, 6) is 0.613. The van der Waals surface area contributed by atoms with Crippen molar-refractivity contribution in [3.05, 3.63) is 76.5 Å². The highest BCUT2D eigenvalue weighted by Gasteiger charge is 2.15. The van der Waals surface area contributed by atoms with E-state index < -0.39 is 4.92 Å². The smallest absolute Gasteiger partial charge is 0.269 e. The molecule has 0 aliphatic carbocycles. The third-order valence-electron chi connectivity index (χ3n) is 3.84. The molecular formula is C19H12N2O5S. The number of nitro groups is 1. The summed E-state index contributed by atoms with van der Waals surface area (Å²) in [6.45, 7) is 0. The number of carbonyl (C=O) groups excluding carboxylic acids is 1. The lowest BCUT2D eigenvalue weighted by Gasteiger charge is -1.98. The number of non-ortho nitro benzene ring substituents is 1. The number of hydrogen-bond donors (Lipinski definition) is 0. The number of benzene rings is 2. The molecule has 7 nitrogen and oxygen atoms in total. The largest absolute Gasteiger partial charge is 0.453 e. The van der Waals surface area contributed by atoms with Gasteiger partial charge in [0.15, 0.2) is 11.3 Å². The fraction of sp³-hybridized carbons (Fsp3) is 0.0526. The molecule has 0 bridgehead atoms. The molecule has 27 heavy (non-hydrogen) atoms. The fourth-order valence-electron chi connectivity index (χ4n) is 2.50. The molecule has 134 valence electrons. The van der Waals surface area contributed by atoms with Crippen molar-refractivity contribution in [1.29, 1.82) is 0 Å². The van der Waals surface area contributed by atoms with Crippen molar-refractivity contribution in [1.82, 2.24) is 4.98 Å². The zero-order valence-electron chi connectivity index (χ0n) is 13.8. The molecule has 0 saturated carbocycles. The lowest BCUT2D eigenvalue weighted by molar-refractivity contribution is -0.384. The summed E-state index contributed by atoms with van der Waals surface area (Å²) < 4.78 is 11.2. The van der Waals surface area contributed by atoms with Crippen molar-refractivity contribution in [2.24, 2.45) is 0 Å². The first-order chi connectivity index (χ1) is 13.1. The summed E-state index contributed by atoms with van der Waals surface area (Å²) in [5.41, 5.74) is 2.07. The highest BCUT2D eigenvalue weighted by molar-refractivity contribution is 7.99. The molecule has 0 fully saturated rings. The summed E-state index contributed by atoms with van der Waals surface area (Å²) in [7, 11) is 0. The van der Waals surface area contributed by atoms with Gasteiger partial charge < -0.3 is 8.83 Å². The highest BCUT2D eigenvalue weighted by Crippen LogP contribution is 2.27. The van der Waals surface area contributed by atoms with Gasteiger partial charge in [-0.1, -0.05) is 23.9 Å². The van der Waals surface area contributed by atoms with Crippen LogP contribution in [-0.2, 0) is 0 Å². The van der Waals surface area contributed by atoms with Crippen LogP contribution in [0.2, 0.25) is 0 Å². The topological polar surface area (TPSA) is 99.4 Å². The Morgan fingerprint density at radius 2 is 1.81 bits per heavy atom. The Morgan fingerprint density at radius 3 is 2.56 bits per heavy atom. The third kappa shape index (κ3) is 3.61. The van der Waals surface area contributed by atoms with Gasteiger partial charge in [0.1, 0.15) is 11.3 Å². The summed E-state index contributed by atoms with van der Waals surface area (Å²) in [5, 5.41) is 11.1. The van der Waals surface area contributed by atoms with Gasteiger partial charge in [-0.2, -0.15) is 0 Å². The second-order valence-electron chi connectivity index (χ2n) is 5.63. The molecule has 2 aromatic heterocycles. The average Bonchev–Trinajstić information content (AvgIpc) is 3.33. The molecule has 2 aromatic carbocycles. The number of nitrogens with zero attached hydrogens (tertiary/aromatic N) is 2. The number of ketones is 1. The first-order valence-corrected chi connectivity index (χ1v) is 8.95. The molecule has 0 unspecified atom stereocenters. The Kier molecular flexibility index (Phi) is 4.47. The molecular weight excluding hydrogens is 368 g/mol. The van der Waals surface area contributed by atoms with Crippen LogP contribution < -0.4 is 0 Å². The first-order valence-electron chi connectivity index (χ1n) is 7.96. The summed E-state index contributed by atoms with van der Waals surface area (Å²) in [6.07, 6.45) is 0. The lowest BCUT2D eigenvalue weighted by Crippen LogP contribution is -2.00. The van der Waals surface area contributed by atoms with Gasteiger partial charge in [-0.3, -0.25) is 14.9 Å². The number of aromatic nitrogens is 1. The molecule has 2 heterocycles. The molecule has 0 saturated heterocycles. The average molecular weight is 380 g/mol. The number of rotatable bonds is 6. The van der Waals surface area contributed by atoms with Gasteiger partial charge in [-0.15, -0.1) is 0 Å². The molecule has 8 heteroatoms.